The van der Waals surface area contributed by atoms with E-state index in [1.165, 1.54) is 0 Å². The van der Waals surface area contributed by atoms with Crippen molar-refractivity contribution < 1.29 is 14.7 Å². The van der Waals surface area contributed by atoms with Crippen LogP contribution in [0.15, 0.2) is 30.3 Å². The molecule has 2 aliphatic rings. The molecule has 5 heteroatoms. The van der Waals surface area contributed by atoms with Crippen molar-refractivity contribution >= 4 is 11.8 Å². The highest BCUT2D eigenvalue weighted by molar-refractivity contribution is 5.89. The maximum Gasteiger partial charge on any atom is 0.247 e. The van der Waals surface area contributed by atoms with Crippen LogP contribution < -0.4 is 5.32 Å². The van der Waals surface area contributed by atoms with Crippen LogP contribution in [0.25, 0.3) is 0 Å². The van der Waals surface area contributed by atoms with Crippen molar-refractivity contribution in [3.05, 3.63) is 35.9 Å². The summed E-state index contributed by atoms with van der Waals surface area (Å²) in [4.78, 5) is 27.1. The zero-order valence-corrected chi connectivity index (χ0v) is 14.0. The Morgan fingerprint density at radius 3 is 2.58 bits per heavy atom. The van der Waals surface area contributed by atoms with Crippen LogP contribution in [0.4, 0.5) is 0 Å². The molecule has 1 saturated carbocycles. The molecule has 2 amide bonds. The van der Waals surface area contributed by atoms with Gasteiger partial charge in [-0.2, -0.15) is 0 Å². The van der Waals surface area contributed by atoms with E-state index in [-0.39, 0.29) is 17.9 Å². The number of aliphatic hydroxyl groups excluding tert-OH is 1. The first-order valence-corrected chi connectivity index (χ1v) is 8.99. The quantitative estimate of drug-likeness (QED) is 0.889. The normalized spacial score (nSPS) is 26.0. The SMILES string of the molecule is O=C(NC1CCCCC1O)C(c1ccccc1)N1CCCCC1=O. The van der Waals surface area contributed by atoms with Crippen molar-refractivity contribution in [1.82, 2.24) is 10.2 Å². The standard InChI is InChI=1S/C19H26N2O3/c22-16-11-5-4-10-15(16)20-19(24)18(14-8-2-1-3-9-14)21-13-7-6-12-17(21)23/h1-3,8-9,15-16,18,22H,4-7,10-13H2,(H,20,24). The molecule has 1 aliphatic carbocycles. The average molecular weight is 330 g/mol. The number of piperidine rings is 1. The fraction of sp³-hybridized carbons (Fsp3) is 0.579. The summed E-state index contributed by atoms with van der Waals surface area (Å²) in [6, 6.07) is 8.65. The molecule has 3 rings (SSSR count). The first-order valence-electron chi connectivity index (χ1n) is 8.99. The molecular formula is C19H26N2O3. The van der Waals surface area contributed by atoms with Gasteiger partial charge in [-0.05, 0) is 31.2 Å². The highest BCUT2D eigenvalue weighted by atomic mass is 16.3. The molecule has 3 atom stereocenters. The second-order valence-electron chi connectivity index (χ2n) is 6.82. The number of amides is 2. The third-order valence-electron chi connectivity index (χ3n) is 5.09. The van der Waals surface area contributed by atoms with Crippen molar-refractivity contribution in [2.75, 3.05) is 6.54 Å². The number of carbonyl (C=O) groups excluding carboxylic acids is 2. The van der Waals surface area contributed by atoms with Crippen LogP contribution >= 0.6 is 0 Å². The van der Waals surface area contributed by atoms with Crippen molar-refractivity contribution in [3.63, 3.8) is 0 Å². The fourth-order valence-electron chi connectivity index (χ4n) is 3.75. The van der Waals surface area contributed by atoms with E-state index in [1.807, 2.05) is 30.3 Å². The zero-order valence-electron chi connectivity index (χ0n) is 14.0. The van der Waals surface area contributed by atoms with E-state index >= 15 is 0 Å². The fourth-order valence-corrected chi connectivity index (χ4v) is 3.75. The number of hydrogen-bond donors (Lipinski definition) is 2. The van der Waals surface area contributed by atoms with Crippen LogP contribution in [0.1, 0.15) is 56.6 Å². The third kappa shape index (κ3) is 3.78. The minimum absolute atomic E-state index is 0.0365. The van der Waals surface area contributed by atoms with Gasteiger partial charge in [-0.3, -0.25) is 9.59 Å². The highest BCUT2D eigenvalue weighted by Crippen LogP contribution is 2.27. The van der Waals surface area contributed by atoms with Crippen LogP contribution in [0.2, 0.25) is 0 Å². The zero-order chi connectivity index (χ0) is 16.9. The molecule has 5 nitrogen and oxygen atoms in total. The van der Waals surface area contributed by atoms with Gasteiger partial charge in [0.15, 0.2) is 0 Å². The molecule has 1 aliphatic heterocycles. The lowest BCUT2D eigenvalue weighted by Gasteiger charge is -2.36. The van der Waals surface area contributed by atoms with Crippen LogP contribution in [-0.2, 0) is 9.59 Å². The monoisotopic (exact) mass is 330 g/mol. The maximum absolute atomic E-state index is 13.0. The van der Waals surface area contributed by atoms with Gasteiger partial charge in [0.05, 0.1) is 12.1 Å². The van der Waals surface area contributed by atoms with E-state index in [9.17, 15) is 14.7 Å². The lowest BCUT2D eigenvalue weighted by molar-refractivity contribution is -0.143. The van der Waals surface area contributed by atoms with Crippen molar-refractivity contribution in [2.45, 2.75) is 63.1 Å². The van der Waals surface area contributed by atoms with E-state index in [4.69, 9.17) is 0 Å². The van der Waals surface area contributed by atoms with Gasteiger partial charge in [0, 0.05) is 13.0 Å². The number of rotatable bonds is 4. The summed E-state index contributed by atoms with van der Waals surface area (Å²) in [7, 11) is 0. The number of benzene rings is 1. The van der Waals surface area contributed by atoms with E-state index in [0.29, 0.717) is 13.0 Å². The Hall–Kier alpha value is -1.88. The number of carbonyl (C=O) groups is 2. The topological polar surface area (TPSA) is 69.6 Å². The first kappa shape index (κ1) is 17.0. The van der Waals surface area contributed by atoms with Gasteiger partial charge in [-0.1, -0.05) is 43.2 Å². The summed E-state index contributed by atoms with van der Waals surface area (Å²) in [5.41, 5.74) is 0.829. The number of hydrogen-bond acceptors (Lipinski definition) is 3. The second-order valence-corrected chi connectivity index (χ2v) is 6.82. The molecule has 1 aromatic rings. The van der Waals surface area contributed by atoms with Crippen molar-refractivity contribution in [1.29, 1.82) is 0 Å². The van der Waals surface area contributed by atoms with E-state index < -0.39 is 12.1 Å². The molecule has 0 radical (unpaired) electrons. The highest BCUT2D eigenvalue weighted by Gasteiger charge is 2.35. The summed E-state index contributed by atoms with van der Waals surface area (Å²) in [5.74, 6) is -0.142. The predicted molar refractivity (Wildman–Crippen MR) is 91.2 cm³/mol. The van der Waals surface area contributed by atoms with Crippen LogP contribution in [0, 0.1) is 0 Å². The molecule has 0 bridgehead atoms. The summed E-state index contributed by atoms with van der Waals surface area (Å²) in [6.45, 7) is 0.610. The largest absolute Gasteiger partial charge is 0.391 e. The molecule has 130 valence electrons. The van der Waals surface area contributed by atoms with Gasteiger partial charge < -0.3 is 15.3 Å². The average Bonchev–Trinajstić information content (AvgIpc) is 2.60. The Bertz CT molecular complexity index is 575. The molecule has 1 saturated heterocycles. The number of nitrogens with one attached hydrogen (secondary N) is 1. The van der Waals surface area contributed by atoms with Crippen molar-refractivity contribution in [3.8, 4) is 0 Å². The predicted octanol–water partition coefficient (Wildman–Crippen LogP) is 2.16. The molecule has 2 N–H and O–H groups in total. The molecule has 0 aromatic heterocycles. The third-order valence-corrected chi connectivity index (χ3v) is 5.09. The van der Waals surface area contributed by atoms with E-state index in [1.54, 1.807) is 4.90 Å². The Morgan fingerprint density at radius 1 is 1.12 bits per heavy atom. The van der Waals surface area contributed by atoms with Crippen LogP contribution in [0.5, 0.6) is 0 Å². The summed E-state index contributed by atoms with van der Waals surface area (Å²) in [5, 5.41) is 13.1. The Balaban J connectivity index is 1.81. The smallest absolute Gasteiger partial charge is 0.247 e. The molecule has 24 heavy (non-hydrogen) atoms. The molecular weight excluding hydrogens is 304 g/mol. The van der Waals surface area contributed by atoms with Gasteiger partial charge >= 0.3 is 0 Å². The van der Waals surface area contributed by atoms with Gasteiger partial charge in [0.2, 0.25) is 11.8 Å². The van der Waals surface area contributed by atoms with Gasteiger partial charge in [-0.25, -0.2) is 0 Å². The number of nitrogens with zero attached hydrogens (tertiary/aromatic N) is 1. The number of aliphatic hydroxyl groups is 1. The Kier molecular flexibility index (Phi) is 5.51. The molecule has 3 unspecified atom stereocenters. The van der Waals surface area contributed by atoms with Gasteiger partial charge in [-0.15, -0.1) is 0 Å². The Morgan fingerprint density at radius 2 is 1.88 bits per heavy atom. The molecule has 0 spiro atoms. The molecule has 1 aromatic carbocycles. The van der Waals surface area contributed by atoms with E-state index in [0.717, 1.165) is 44.1 Å². The maximum atomic E-state index is 13.0. The van der Waals surface area contributed by atoms with Crippen LogP contribution in [-0.4, -0.2) is 40.5 Å². The minimum atomic E-state index is -0.604. The summed E-state index contributed by atoms with van der Waals surface area (Å²) >= 11 is 0. The number of likely N-dealkylation sites (tertiary alicyclic amines) is 1. The summed E-state index contributed by atoms with van der Waals surface area (Å²) in [6.07, 6.45) is 5.36. The van der Waals surface area contributed by atoms with E-state index in [2.05, 4.69) is 5.32 Å². The minimum Gasteiger partial charge on any atom is -0.391 e. The summed E-state index contributed by atoms with van der Waals surface area (Å²) < 4.78 is 0. The van der Waals surface area contributed by atoms with Gasteiger partial charge in [0.25, 0.3) is 0 Å². The molecule has 2 fully saturated rings. The second kappa shape index (κ2) is 7.79. The van der Waals surface area contributed by atoms with Gasteiger partial charge in [0.1, 0.15) is 6.04 Å². The Labute approximate surface area is 143 Å². The lowest BCUT2D eigenvalue weighted by atomic mass is 9.92. The first-order chi connectivity index (χ1) is 11.7. The van der Waals surface area contributed by atoms with Crippen LogP contribution in [0.3, 0.4) is 0 Å². The van der Waals surface area contributed by atoms with Crippen molar-refractivity contribution in [2.24, 2.45) is 0 Å². The lowest BCUT2D eigenvalue weighted by Crippen LogP contribution is -2.51. The molecule has 1 heterocycles.